The number of para-hydroxylation sites is 1. The van der Waals surface area contributed by atoms with Gasteiger partial charge in [0.1, 0.15) is 5.44 Å². The summed E-state index contributed by atoms with van der Waals surface area (Å²) in [5, 5.41) is 2.78. The van der Waals surface area contributed by atoms with Crippen molar-refractivity contribution in [1.29, 1.82) is 0 Å². The van der Waals surface area contributed by atoms with Crippen LogP contribution in [0.4, 0.5) is 0 Å². The first-order valence-electron chi connectivity index (χ1n) is 15.6. The highest BCUT2D eigenvalue weighted by Crippen LogP contribution is 2.55. The van der Waals surface area contributed by atoms with Crippen LogP contribution in [0.25, 0.3) is 61.9 Å². The Bertz CT molecular complexity index is 2430. The van der Waals surface area contributed by atoms with Crippen LogP contribution in [0.3, 0.4) is 0 Å². The Kier molecular flexibility index (Phi) is 6.34. The third kappa shape index (κ3) is 4.32. The summed E-state index contributed by atoms with van der Waals surface area (Å²) in [5.41, 5.74) is 7.47. The fraction of sp³-hybridized carbons (Fsp3) is 0. The molecule has 1 unspecified atom stereocenters. The van der Waals surface area contributed by atoms with Crippen LogP contribution >= 0.6 is 7.14 Å². The summed E-state index contributed by atoms with van der Waals surface area (Å²) in [4.78, 5) is 14.8. The zero-order valence-corrected chi connectivity index (χ0v) is 26.1. The lowest BCUT2D eigenvalue weighted by Crippen LogP contribution is -2.26. The minimum absolute atomic E-state index is 0.571. The molecule has 0 N–H and O–H groups in total. The van der Waals surface area contributed by atoms with E-state index in [9.17, 15) is 0 Å². The molecule has 1 aliphatic rings. The number of benzene rings is 6. The lowest BCUT2D eigenvalue weighted by molar-refractivity contribution is 0.592. The van der Waals surface area contributed by atoms with Gasteiger partial charge in [0.05, 0.1) is 5.52 Å². The van der Waals surface area contributed by atoms with Gasteiger partial charge in [0.25, 0.3) is 0 Å². The Hall–Kier alpha value is -5.90. The van der Waals surface area contributed by atoms with E-state index in [1.54, 1.807) is 0 Å². The zero-order valence-electron chi connectivity index (χ0n) is 25.2. The van der Waals surface area contributed by atoms with Crippen LogP contribution in [0.15, 0.2) is 164 Å². The van der Waals surface area contributed by atoms with Crippen molar-refractivity contribution in [2.24, 2.45) is 0 Å². The summed E-state index contributed by atoms with van der Waals surface area (Å²) < 4.78 is 17.9. The molecule has 1 aliphatic heterocycles. The Morgan fingerprint density at radius 3 is 1.70 bits per heavy atom. The molecule has 8 aromatic rings. The van der Waals surface area contributed by atoms with Crippen molar-refractivity contribution in [2.45, 2.75) is 0 Å². The van der Waals surface area contributed by atoms with Crippen molar-refractivity contribution in [3.05, 3.63) is 164 Å². The summed E-state index contributed by atoms with van der Waals surface area (Å²) in [7, 11) is -3.24. The number of fused-ring (bicyclic) bond motifs is 5. The quantitative estimate of drug-likeness (QED) is 0.181. The van der Waals surface area contributed by atoms with E-state index in [2.05, 4.69) is 41.0 Å². The van der Waals surface area contributed by atoms with Gasteiger partial charge in [0, 0.05) is 43.9 Å². The molecule has 0 amide bonds. The Labute approximate surface area is 272 Å². The molecular formula is C41H27N4OP. The molecule has 222 valence electrons. The van der Waals surface area contributed by atoms with Crippen molar-refractivity contribution < 1.29 is 4.57 Å². The minimum Gasteiger partial charge on any atom is -0.307 e. The molecule has 1 atom stereocenters. The molecule has 0 spiro atoms. The molecule has 0 saturated heterocycles. The molecule has 6 heteroatoms. The monoisotopic (exact) mass is 622 g/mol. The van der Waals surface area contributed by atoms with E-state index in [1.165, 1.54) is 0 Å². The average Bonchev–Trinajstić information content (AvgIpc) is 3.64. The summed E-state index contributed by atoms with van der Waals surface area (Å²) in [5.74, 6) is 1.79. The highest BCUT2D eigenvalue weighted by molar-refractivity contribution is 7.86. The maximum Gasteiger partial charge on any atom is 0.188 e. The standard InChI is InChI=1S/C41H27N4OP/c46-47(32-21-8-3-9-22-32)36-26-13-11-24-34(36)37-33-23-10-12-25-35(33)45(41(37)47)31-20-14-19-30(27-31)40-43-38(28-15-4-1-5-16-28)42-39(44-40)29-17-6-2-7-18-29/h1-27H. The van der Waals surface area contributed by atoms with Gasteiger partial charge in [-0.15, -0.1) is 0 Å². The molecule has 0 saturated carbocycles. The summed E-state index contributed by atoms with van der Waals surface area (Å²) in [6, 6.07) is 54.6. The lowest BCUT2D eigenvalue weighted by atomic mass is 10.1. The van der Waals surface area contributed by atoms with Crippen molar-refractivity contribution in [3.8, 4) is 51.0 Å². The molecule has 47 heavy (non-hydrogen) atoms. The van der Waals surface area contributed by atoms with Crippen molar-refractivity contribution in [3.63, 3.8) is 0 Å². The van der Waals surface area contributed by atoms with E-state index in [4.69, 9.17) is 15.0 Å². The van der Waals surface area contributed by atoms with E-state index in [0.29, 0.717) is 17.5 Å². The Balaban J connectivity index is 1.30. The molecule has 0 aliphatic carbocycles. The molecule has 3 heterocycles. The number of hydrogen-bond donors (Lipinski definition) is 0. The number of aromatic nitrogens is 4. The van der Waals surface area contributed by atoms with Gasteiger partial charge in [-0.3, -0.25) is 0 Å². The van der Waals surface area contributed by atoms with Crippen molar-refractivity contribution in [1.82, 2.24) is 19.5 Å². The van der Waals surface area contributed by atoms with Crippen LogP contribution in [-0.2, 0) is 4.57 Å². The third-order valence-corrected chi connectivity index (χ3v) is 12.0. The van der Waals surface area contributed by atoms with E-state index in [-0.39, 0.29) is 0 Å². The van der Waals surface area contributed by atoms with Crippen LogP contribution in [-0.4, -0.2) is 19.5 Å². The van der Waals surface area contributed by atoms with Crippen LogP contribution < -0.4 is 16.0 Å². The zero-order chi connectivity index (χ0) is 31.4. The maximum atomic E-state index is 15.7. The van der Waals surface area contributed by atoms with E-state index < -0.39 is 7.14 Å². The van der Waals surface area contributed by atoms with Crippen LogP contribution in [0.1, 0.15) is 0 Å². The largest absolute Gasteiger partial charge is 0.307 e. The van der Waals surface area contributed by atoms with E-state index in [1.807, 2.05) is 127 Å². The van der Waals surface area contributed by atoms with Gasteiger partial charge in [-0.2, -0.15) is 0 Å². The molecule has 9 rings (SSSR count). The Morgan fingerprint density at radius 1 is 0.489 bits per heavy atom. The normalized spacial score (nSPS) is 15.0. The topological polar surface area (TPSA) is 60.7 Å². The van der Waals surface area contributed by atoms with Gasteiger partial charge >= 0.3 is 0 Å². The fourth-order valence-electron chi connectivity index (χ4n) is 6.75. The maximum absolute atomic E-state index is 15.7. The molecule has 6 aromatic carbocycles. The lowest BCUT2D eigenvalue weighted by Gasteiger charge is -2.20. The van der Waals surface area contributed by atoms with Gasteiger partial charge in [-0.1, -0.05) is 146 Å². The van der Waals surface area contributed by atoms with E-state index >= 15 is 4.57 Å². The molecule has 5 nitrogen and oxygen atoms in total. The number of nitrogens with zero attached hydrogens (tertiary/aromatic N) is 4. The molecular weight excluding hydrogens is 595 g/mol. The van der Waals surface area contributed by atoms with Gasteiger partial charge in [0.2, 0.25) is 0 Å². The second-order valence-electron chi connectivity index (χ2n) is 11.6. The SMILES string of the molecule is O=P1(c2ccccc2)c2ccccc2-c2c1n(-c1cccc(-c3nc(-c4ccccc4)nc(-c4ccccc4)n3)c1)c1ccccc21. The molecule has 2 aromatic heterocycles. The highest BCUT2D eigenvalue weighted by Gasteiger charge is 2.44. The first kappa shape index (κ1) is 27.4. The predicted octanol–water partition coefficient (Wildman–Crippen LogP) is 8.44. The second-order valence-corrected chi connectivity index (χ2v) is 14.2. The van der Waals surface area contributed by atoms with Crippen LogP contribution in [0.2, 0.25) is 0 Å². The first-order chi connectivity index (χ1) is 23.2. The summed E-state index contributed by atoms with van der Waals surface area (Å²) in [6.45, 7) is 0. The molecule has 0 fully saturated rings. The molecule has 0 bridgehead atoms. The number of hydrogen-bond acceptors (Lipinski definition) is 4. The van der Waals surface area contributed by atoms with Crippen molar-refractivity contribution in [2.75, 3.05) is 0 Å². The van der Waals surface area contributed by atoms with Gasteiger partial charge in [-0.25, -0.2) is 15.0 Å². The Morgan fingerprint density at radius 2 is 1.02 bits per heavy atom. The van der Waals surface area contributed by atoms with Gasteiger partial charge in [0.15, 0.2) is 24.6 Å². The number of rotatable bonds is 5. The van der Waals surface area contributed by atoms with Gasteiger partial charge < -0.3 is 9.13 Å². The third-order valence-electron chi connectivity index (χ3n) is 8.84. The highest BCUT2D eigenvalue weighted by atomic mass is 31.2. The fourth-order valence-corrected chi connectivity index (χ4v) is 9.97. The van der Waals surface area contributed by atoms with E-state index in [0.717, 1.165) is 60.5 Å². The van der Waals surface area contributed by atoms with Crippen LogP contribution in [0.5, 0.6) is 0 Å². The first-order valence-corrected chi connectivity index (χ1v) is 17.3. The van der Waals surface area contributed by atoms with Crippen molar-refractivity contribution >= 4 is 34.1 Å². The average molecular weight is 623 g/mol. The smallest absolute Gasteiger partial charge is 0.188 e. The van der Waals surface area contributed by atoms with Crippen LogP contribution in [0, 0.1) is 0 Å². The molecule has 0 radical (unpaired) electrons. The second kappa shape index (κ2) is 10.9. The predicted molar refractivity (Wildman–Crippen MR) is 191 cm³/mol. The summed E-state index contributed by atoms with van der Waals surface area (Å²) in [6.07, 6.45) is 0. The minimum atomic E-state index is -3.24. The summed E-state index contributed by atoms with van der Waals surface area (Å²) >= 11 is 0. The van der Waals surface area contributed by atoms with Gasteiger partial charge in [-0.05, 0) is 23.8 Å².